The van der Waals surface area contributed by atoms with Crippen LogP contribution < -0.4 is 0 Å². The van der Waals surface area contributed by atoms with Crippen LogP contribution in [0.2, 0.25) is 0 Å². The van der Waals surface area contributed by atoms with Gasteiger partial charge in [0, 0.05) is 11.7 Å². The first kappa shape index (κ1) is 13.1. The molecule has 6 heteroatoms. The van der Waals surface area contributed by atoms with E-state index >= 15 is 0 Å². The molecule has 0 aromatic carbocycles. The van der Waals surface area contributed by atoms with Crippen molar-refractivity contribution in [2.45, 2.75) is 38.2 Å². The van der Waals surface area contributed by atoms with E-state index in [0.29, 0.717) is 6.61 Å². The molecule has 0 aliphatic heterocycles. The van der Waals surface area contributed by atoms with Gasteiger partial charge in [0.25, 0.3) is 0 Å². The largest absolute Gasteiger partial charge is 0.371 e. The fourth-order valence-electron chi connectivity index (χ4n) is 2.93. The third kappa shape index (κ3) is 3.00. The van der Waals surface area contributed by atoms with Gasteiger partial charge in [0.2, 0.25) is 0 Å². The predicted molar refractivity (Wildman–Crippen MR) is 71.6 cm³/mol. The molecule has 1 aromatic heterocycles. The number of aromatic amines is 1. The second kappa shape index (κ2) is 4.59. The van der Waals surface area contributed by atoms with E-state index in [1.807, 2.05) is 6.20 Å². The molecule has 0 bridgehead atoms. The van der Waals surface area contributed by atoms with Crippen LogP contribution in [0, 0.1) is 5.41 Å². The predicted octanol–water partition coefficient (Wildman–Crippen LogP) is 1.63. The first-order valence-electron chi connectivity index (χ1n) is 6.79. The highest BCUT2D eigenvalue weighted by Crippen LogP contribution is 2.48. The molecule has 19 heavy (non-hydrogen) atoms. The van der Waals surface area contributed by atoms with Crippen LogP contribution in [-0.4, -0.2) is 37.2 Å². The first-order chi connectivity index (χ1) is 8.98. The Hall–Kier alpha value is -0.880. The van der Waals surface area contributed by atoms with Gasteiger partial charge in [0.15, 0.2) is 0 Å². The summed E-state index contributed by atoms with van der Waals surface area (Å²) < 4.78 is 28.9. The van der Waals surface area contributed by atoms with Gasteiger partial charge in [0.05, 0.1) is 30.4 Å². The zero-order valence-electron chi connectivity index (χ0n) is 11.2. The van der Waals surface area contributed by atoms with Crippen molar-refractivity contribution < 1.29 is 13.2 Å². The highest BCUT2D eigenvalue weighted by molar-refractivity contribution is 7.90. The van der Waals surface area contributed by atoms with Crippen LogP contribution in [0.3, 0.4) is 0 Å². The normalized spacial score (nSPS) is 25.0. The highest BCUT2D eigenvalue weighted by atomic mass is 32.2. The molecule has 0 amide bonds. The molecule has 1 aromatic rings. The number of rotatable bonds is 5. The van der Waals surface area contributed by atoms with E-state index in [-0.39, 0.29) is 17.3 Å². The van der Waals surface area contributed by atoms with Gasteiger partial charge in [-0.05, 0) is 37.7 Å². The number of fused-ring (bicyclic) bond motifs is 1. The second-order valence-corrected chi connectivity index (χ2v) is 8.21. The number of sulfone groups is 1. The van der Waals surface area contributed by atoms with Gasteiger partial charge in [-0.3, -0.25) is 5.10 Å². The van der Waals surface area contributed by atoms with E-state index in [1.54, 1.807) is 0 Å². The van der Waals surface area contributed by atoms with Crippen molar-refractivity contribution in [1.82, 2.24) is 10.2 Å². The van der Waals surface area contributed by atoms with Crippen molar-refractivity contribution in [2.75, 3.05) is 18.6 Å². The summed E-state index contributed by atoms with van der Waals surface area (Å²) >= 11 is 0. The average molecular weight is 284 g/mol. The Bertz CT molecular complexity index is 560. The molecule has 1 saturated carbocycles. The number of hydrogen-bond acceptors (Lipinski definition) is 4. The van der Waals surface area contributed by atoms with Gasteiger partial charge in [-0.1, -0.05) is 0 Å². The summed E-state index contributed by atoms with van der Waals surface area (Å²) in [5, 5.41) is 7.09. The fraction of sp³-hybridized carbons (Fsp3) is 0.769. The van der Waals surface area contributed by atoms with Crippen molar-refractivity contribution >= 4 is 9.84 Å². The lowest BCUT2D eigenvalue weighted by Gasteiger charge is -2.24. The summed E-state index contributed by atoms with van der Waals surface area (Å²) in [7, 11) is -2.92. The molecule has 1 atom stereocenters. The minimum atomic E-state index is -2.92. The number of nitrogens with zero attached hydrogens (tertiary/aromatic N) is 1. The van der Waals surface area contributed by atoms with Crippen LogP contribution in [0.1, 0.15) is 43.0 Å². The Labute approximate surface area is 113 Å². The topological polar surface area (TPSA) is 72.1 Å². The molecule has 5 nitrogen and oxygen atoms in total. The molecular formula is C13H20N2O3S. The summed E-state index contributed by atoms with van der Waals surface area (Å²) in [6.45, 7) is 0.545. The van der Waals surface area contributed by atoms with Crippen LogP contribution in [0.4, 0.5) is 0 Å². The molecule has 2 aliphatic rings. The van der Waals surface area contributed by atoms with Crippen LogP contribution in [0.15, 0.2) is 6.20 Å². The fourth-order valence-corrected chi connectivity index (χ4v) is 4.41. The van der Waals surface area contributed by atoms with E-state index in [1.165, 1.54) is 11.8 Å². The van der Waals surface area contributed by atoms with Crippen molar-refractivity contribution in [3.63, 3.8) is 0 Å². The quantitative estimate of drug-likeness (QED) is 0.892. The van der Waals surface area contributed by atoms with Crippen LogP contribution in [0.25, 0.3) is 0 Å². The van der Waals surface area contributed by atoms with E-state index in [9.17, 15) is 8.42 Å². The SMILES string of the molecule is CS(=O)(=O)CC1(CO[C@H]2CCCc3cn[nH]c32)CC1. The molecule has 0 spiro atoms. The molecule has 0 saturated heterocycles. The number of aromatic nitrogens is 2. The molecule has 106 valence electrons. The van der Waals surface area contributed by atoms with Crippen molar-refractivity contribution in [3.8, 4) is 0 Å². The molecule has 0 unspecified atom stereocenters. The lowest BCUT2D eigenvalue weighted by Crippen LogP contribution is -2.23. The van der Waals surface area contributed by atoms with Crippen molar-refractivity contribution in [2.24, 2.45) is 5.41 Å². The van der Waals surface area contributed by atoms with Crippen LogP contribution in [-0.2, 0) is 21.0 Å². The first-order valence-corrected chi connectivity index (χ1v) is 8.85. The summed E-state index contributed by atoms with van der Waals surface area (Å²) in [5.74, 6) is 0.253. The standard InChI is InChI=1S/C13H20N2O3S/c1-19(16,17)9-13(5-6-13)8-18-11-4-2-3-10-7-14-15-12(10)11/h7,11H,2-6,8-9H2,1H3,(H,14,15)/t11-/m0/s1. The number of nitrogens with one attached hydrogen (secondary N) is 1. The Balaban J connectivity index is 1.62. The molecule has 2 aliphatic carbocycles. The Morgan fingerprint density at radius 2 is 2.32 bits per heavy atom. The summed E-state index contributed by atoms with van der Waals surface area (Å²) in [6.07, 6.45) is 8.31. The minimum absolute atomic E-state index is 0.0586. The maximum atomic E-state index is 11.4. The van der Waals surface area contributed by atoms with Crippen molar-refractivity contribution in [3.05, 3.63) is 17.5 Å². The number of H-pyrrole nitrogens is 1. The third-order valence-corrected chi connectivity index (χ3v) is 5.24. The number of hydrogen-bond donors (Lipinski definition) is 1. The van der Waals surface area contributed by atoms with E-state index < -0.39 is 9.84 Å². The second-order valence-electron chi connectivity index (χ2n) is 6.07. The maximum absolute atomic E-state index is 11.4. The van der Waals surface area contributed by atoms with E-state index in [2.05, 4.69) is 10.2 Å². The number of aryl methyl sites for hydroxylation is 1. The van der Waals surface area contributed by atoms with Crippen molar-refractivity contribution in [1.29, 1.82) is 0 Å². The van der Waals surface area contributed by atoms with Gasteiger partial charge in [-0.15, -0.1) is 0 Å². The summed E-state index contributed by atoms with van der Waals surface area (Å²) in [4.78, 5) is 0. The van der Waals surface area contributed by atoms with Crippen LogP contribution in [0.5, 0.6) is 0 Å². The zero-order chi connectivity index (χ0) is 13.5. The average Bonchev–Trinajstić information content (AvgIpc) is 2.89. The number of ether oxygens (including phenoxy) is 1. The Kier molecular flexibility index (Phi) is 3.17. The zero-order valence-corrected chi connectivity index (χ0v) is 12.0. The summed E-state index contributed by atoms with van der Waals surface area (Å²) in [6, 6.07) is 0. The minimum Gasteiger partial charge on any atom is -0.371 e. The van der Waals surface area contributed by atoms with Gasteiger partial charge in [-0.2, -0.15) is 5.10 Å². The molecule has 1 N–H and O–H groups in total. The van der Waals surface area contributed by atoms with Gasteiger partial charge in [0.1, 0.15) is 9.84 Å². The van der Waals surface area contributed by atoms with Gasteiger partial charge in [-0.25, -0.2) is 8.42 Å². The molecule has 0 radical (unpaired) electrons. The highest BCUT2D eigenvalue weighted by Gasteiger charge is 2.46. The lowest BCUT2D eigenvalue weighted by molar-refractivity contribution is 0.0134. The van der Waals surface area contributed by atoms with Crippen LogP contribution >= 0.6 is 0 Å². The molecule has 1 fully saturated rings. The third-order valence-electron chi connectivity index (χ3n) is 4.10. The Morgan fingerprint density at radius 1 is 1.53 bits per heavy atom. The lowest BCUT2D eigenvalue weighted by atomic mass is 9.95. The van der Waals surface area contributed by atoms with E-state index in [4.69, 9.17) is 4.74 Å². The monoisotopic (exact) mass is 284 g/mol. The van der Waals surface area contributed by atoms with Gasteiger partial charge < -0.3 is 4.74 Å². The maximum Gasteiger partial charge on any atom is 0.148 e. The Morgan fingerprint density at radius 3 is 3.00 bits per heavy atom. The van der Waals surface area contributed by atoms with Gasteiger partial charge >= 0.3 is 0 Å². The smallest absolute Gasteiger partial charge is 0.148 e. The molecule has 3 rings (SSSR count). The summed E-state index contributed by atoms with van der Waals surface area (Å²) in [5.41, 5.74) is 2.20. The van der Waals surface area contributed by atoms with E-state index in [0.717, 1.165) is 37.8 Å². The molecular weight excluding hydrogens is 264 g/mol. The molecule has 1 heterocycles.